The third kappa shape index (κ3) is 5.48. The van der Waals surface area contributed by atoms with Crippen LogP contribution in [-0.4, -0.2) is 40.4 Å². The quantitative estimate of drug-likeness (QED) is 0.399. The summed E-state index contributed by atoms with van der Waals surface area (Å²) in [7, 11) is 0. The minimum atomic E-state index is -0.521. The van der Waals surface area contributed by atoms with Crippen LogP contribution in [0.1, 0.15) is 46.5 Å². The number of fused-ring (bicyclic) bond motifs is 1. The summed E-state index contributed by atoms with van der Waals surface area (Å²) in [6, 6.07) is 9.92. The van der Waals surface area contributed by atoms with Crippen molar-refractivity contribution in [2.75, 3.05) is 6.61 Å². The summed E-state index contributed by atoms with van der Waals surface area (Å²) in [5, 5.41) is 0.738. The fourth-order valence-electron chi connectivity index (χ4n) is 3.91. The van der Waals surface area contributed by atoms with Crippen LogP contribution in [0.5, 0.6) is 5.88 Å². The van der Waals surface area contributed by atoms with E-state index in [-0.39, 0.29) is 24.8 Å². The number of halogens is 1. The number of carbonyl (C=O) groups excluding carboxylic acids is 1. The Hall–Kier alpha value is -2.45. The van der Waals surface area contributed by atoms with Gasteiger partial charge in [-0.3, -0.25) is 0 Å². The second-order valence-corrected chi connectivity index (χ2v) is 9.62. The number of hydrogen-bond acceptors (Lipinski definition) is 7. The molecule has 2 aromatic heterocycles. The first-order valence-corrected chi connectivity index (χ1v) is 11.6. The molecule has 1 fully saturated rings. The molecule has 7 nitrogen and oxygen atoms in total. The number of benzene rings is 1. The van der Waals surface area contributed by atoms with Gasteiger partial charge in [-0.1, -0.05) is 30.3 Å². The van der Waals surface area contributed by atoms with E-state index in [1.54, 1.807) is 0 Å². The summed E-state index contributed by atoms with van der Waals surface area (Å²) in [5.41, 5.74) is 1.80. The highest BCUT2D eigenvalue weighted by molar-refractivity contribution is 9.10. The van der Waals surface area contributed by atoms with E-state index in [0.717, 1.165) is 35.8 Å². The van der Waals surface area contributed by atoms with Crippen LogP contribution in [0.3, 0.4) is 0 Å². The molecule has 3 aromatic rings. The average Bonchev–Trinajstić information content (AvgIpc) is 3.09. The van der Waals surface area contributed by atoms with Gasteiger partial charge in [-0.15, -0.1) is 0 Å². The molecule has 32 heavy (non-hydrogen) atoms. The number of esters is 1. The molecule has 2 atom stereocenters. The molecule has 0 bridgehead atoms. The number of hydrogen-bond donors (Lipinski definition) is 0. The molecular weight excluding hydrogens is 476 g/mol. The molecule has 8 heteroatoms. The molecule has 170 valence electrons. The molecular formula is C24H27BrN2O5. The van der Waals surface area contributed by atoms with Gasteiger partial charge >= 0.3 is 5.97 Å². The van der Waals surface area contributed by atoms with E-state index >= 15 is 0 Å². The number of furan rings is 1. The zero-order valence-corrected chi connectivity index (χ0v) is 20.1. The maximum atomic E-state index is 12.0. The second-order valence-electron chi connectivity index (χ2n) is 8.90. The molecule has 0 saturated heterocycles. The summed E-state index contributed by atoms with van der Waals surface area (Å²) >= 11 is 3.52. The van der Waals surface area contributed by atoms with Crippen molar-refractivity contribution in [3.8, 4) is 17.0 Å². The lowest BCUT2D eigenvalue weighted by Crippen LogP contribution is -2.33. The summed E-state index contributed by atoms with van der Waals surface area (Å²) in [4.78, 5) is 20.7. The van der Waals surface area contributed by atoms with E-state index < -0.39 is 5.60 Å². The van der Waals surface area contributed by atoms with E-state index in [1.807, 2.05) is 51.1 Å². The van der Waals surface area contributed by atoms with Gasteiger partial charge in [0, 0.05) is 12.0 Å². The predicted molar refractivity (Wildman–Crippen MR) is 123 cm³/mol. The van der Waals surface area contributed by atoms with Gasteiger partial charge in [-0.2, -0.15) is 0 Å². The van der Waals surface area contributed by atoms with Gasteiger partial charge in [0.25, 0.3) is 0 Å². The number of ether oxygens (including phenoxy) is 3. The molecule has 1 aliphatic carbocycles. The Labute approximate surface area is 195 Å². The van der Waals surface area contributed by atoms with Gasteiger partial charge in [-0.05, 0) is 61.5 Å². The monoisotopic (exact) mass is 502 g/mol. The van der Waals surface area contributed by atoms with Gasteiger partial charge in [0.05, 0.1) is 6.10 Å². The first-order valence-electron chi connectivity index (χ1n) is 10.8. The smallest absolute Gasteiger partial charge is 0.332 e. The van der Waals surface area contributed by atoms with Crippen molar-refractivity contribution < 1.29 is 23.4 Å². The molecule has 0 amide bonds. The van der Waals surface area contributed by atoms with Crippen molar-refractivity contribution in [3.05, 3.63) is 41.3 Å². The molecule has 1 aliphatic rings. The van der Waals surface area contributed by atoms with Gasteiger partial charge in [0.1, 0.15) is 30.0 Å². The van der Waals surface area contributed by atoms with Gasteiger partial charge < -0.3 is 18.6 Å². The minimum Gasteiger partial charge on any atom is -0.474 e. The Kier molecular flexibility index (Phi) is 6.81. The van der Waals surface area contributed by atoms with E-state index in [1.165, 1.54) is 6.33 Å². The Bertz CT molecular complexity index is 1080. The SMILES string of the molecule is CC(C)(C)OC(=O)CO[C@@H]1CCC[C@H](Oc2ncnc3oc(Br)c(-c4ccccc4)c23)C1. The zero-order valence-electron chi connectivity index (χ0n) is 18.5. The summed E-state index contributed by atoms with van der Waals surface area (Å²) in [5.74, 6) is 0.134. The summed E-state index contributed by atoms with van der Waals surface area (Å²) in [6.45, 7) is 5.47. The van der Waals surface area contributed by atoms with Crippen LogP contribution in [0.4, 0.5) is 0 Å². The van der Waals surface area contributed by atoms with Crippen molar-refractivity contribution in [1.82, 2.24) is 9.97 Å². The maximum absolute atomic E-state index is 12.0. The van der Waals surface area contributed by atoms with Gasteiger partial charge in [0.15, 0.2) is 4.67 Å². The molecule has 0 aliphatic heterocycles. The van der Waals surface area contributed by atoms with Crippen molar-refractivity contribution in [1.29, 1.82) is 0 Å². The van der Waals surface area contributed by atoms with E-state index in [4.69, 9.17) is 18.6 Å². The average molecular weight is 503 g/mol. The molecule has 1 saturated carbocycles. The van der Waals surface area contributed by atoms with Crippen LogP contribution in [0.25, 0.3) is 22.2 Å². The van der Waals surface area contributed by atoms with Crippen molar-refractivity contribution in [3.63, 3.8) is 0 Å². The molecule has 0 N–H and O–H groups in total. The van der Waals surface area contributed by atoms with Crippen LogP contribution in [-0.2, 0) is 14.3 Å². The minimum absolute atomic E-state index is 0.0563. The van der Waals surface area contributed by atoms with E-state index in [9.17, 15) is 4.79 Å². The highest BCUT2D eigenvalue weighted by Gasteiger charge is 2.28. The number of rotatable bonds is 6. The zero-order chi connectivity index (χ0) is 22.7. The largest absolute Gasteiger partial charge is 0.474 e. The highest BCUT2D eigenvalue weighted by Crippen LogP contribution is 2.41. The molecule has 2 heterocycles. The van der Waals surface area contributed by atoms with Crippen LogP contribution >= 0.6 is 15.9 Å². The first kappa shape index (κ1) is 22.7. The summed E-state index contributed by atoms with van der Waals surface area (Å²) < 4.78 is 23.9. The van der Waals surface area contributed by atoms with Crippen LogP contribution < -0.4 is 4.74 Å². The Balaban J connectivity index is 1.48. The maximum Gasteiger partial charge on any atom is 0.332 e. The van der Waals surface area contributed by atoms with Crippen molar-refractivity contribution >= 4 is 33.0 Å². The Morgan fingerprint density at radius 3 is 2.66 bits per heavy atom. The molecule has 0 radical (unpaired) electrons. The van der Waals surface area contributed by atoms with Gasteiger partial charge in [-0.25, -0.2) is 14.8 Å². The third-order valence-corrected chi connectivity index (χ3v) is 5.74. The molecule has 0 spiro atoms. The predicted octanol–water partition coefficient (Wildman–Crippen LogP) is 5.70. The molecule has 4 rings (SSSR count). The second kappa shape index (κ2) is 9.58. The van der Waals surface area contributed by atoms with Crippen LogP contribution in [0.15, 0.2) is 45.7 Å². The lowest BCUT2D eigenvalue weighted by molar-refractivity contribution is -0.163. The Morgan fingerprint density at radius 2 is 1.91 bits per heavy atom. The van der Waals surface area contributed by atoms with Crippen LogP contribution in [0.2, 0.25) is 0 Å². The normalized spacial score (nSPS) is 19.1. The number of nitrogens with zero attached hydrogens (tertiary/aromatic N) is 2. The Morgan fingerprint density at radius 1 is 1.16 bits per heavy atom. The first-order chi connectivity index (χ1) is 15.3. The number of aromatic nitrogens is 2. The number of carbonyl (C=O) groups is 1. The standard InChI is InChI=1S/C24H27BrN2O5/c1-24(2,3)32-18(28)13-29-16-10-7-11-17(12-16)30-22-20-19(15-8-5-4-6-9-15)21(25)31-23(20)27-14-26-22/h4-6,8-9,14,16-17H,7,10-13H2,1-3H3/t16-,17+/m1/s1. The van der Waals surface area contributed by atoms with E-state index in [0.29, 0.717) is 22.7 Å². The molecule has 0 unspecified atom stereocenters. The fourth-order valence-corrected chi connectivity index (χ4v) is 4.49. The lowest BCUT2D eigenvalue weighted by Gasteiger charge is -2.29. The van der Waals surface area contributed by atoms with Crippen molar-refractivity contribution in [2.24, 2.45) is 0 Å². The topological polar surface area (TPSA) is 83.7 Å². The van der Waals surface area contributed by atoms with E-state index in [2.05, 4.69) is 25.9 Å². The summed E-state index contributed by atoms with van der Waals surface area (Å²) in [6.07, 6.45) is 4.69. The lowest BCUT2D eigenvalue weighted by atomic mass is 9.95. The van der Waals surface area contributed by atoms with Gasteiger partial charge in [0.2, 0.25) is 11.6 Å². The fraction of sp³-hybridized carbons (Fsp3) is 0.458. The highest BCUT2D eigenvalue weighted by atomic mass is 79.9. The van der Waals surface area contributed by atoms with Crippen molar-refractivity contribution in [2.45, 2.75) is 64.3 Å². The molecule has 1 aromatic carbocycles. The third-order valence-electron chi connectivity index (χ3n) is 5.19. The van der Waals surface area contributed by atoms with Crippen LogP contribution in [0, 0.1) is 0 Å².